The van der Waals surface area contributed by atoms with Gasteiger partial charge in [-0.15, -0.1) is 0 Å². The average Bonchev–Trinajstić information content (AvgIpc) is 2.61. The second-order valence-corrected chi connectivity index (χ2v) is 6.71. The van der Waals surface area contributed by atoms with Gasteiger partial charge in [0, 0.05) is 23.7 Å². The molecule has 1 aromatic carbocycles. The van der Waals surface area contributed by atoms with E-state index in [0.29, 0.717) is 36.4 Å². The highest BCUT2D eigenvalue weighted by molar-refractivity contribution is 6.02. The second-order valence-electron chi connectivity index (χ2n) is 6.71. The molecule has 3 rings (SSSR count). The van der Waals surface area contributed by atoms with Crippen LogP contribution in [0.4, 0.5) is 10.5 Å². The van der Waals surface area contributed by atoms with Crippen molar-refractivity contribution in [2.24, 2.45) is 5.92 Å². The molecule has 136 valence electrons. The minimum Gasteiger partial charge on any atom is -0.486 e. The van der Waals surface area contributed by atoms with E-state index in [9.17, 15) is 9.59 Å². The van der Waals surface area contributed by atoms with Gasteiger partial charge in [-0.05, 0) is 51.9 Å². The predicted octanol–water partition coefficient (Wildman–Crippen LogP) is 2.23. The predicted molar refractivity (Wildman–Crippen MR) is 94.0 cm³/mol. The summed E-state index contributed by atoms with van der Waals surface area (Å²) in [6.45, 7) is 7.09. The zero-order valence-electron chi connectivity index (χ0n) is 14.7. The van der Waals surface area contributed by atoms with Crippen LogP contribution in [0.3, 0.4) is 0 Å². The number of likely N-dealkylation sites (tertiary alicyclic amines) is 1. The third-order valence-corrected chi connectivity index (χ3v) is 4.67. The Bertz CT molecular complexity index is 639. The first-order valence-corrected chi connectivity index (χ1v) is 8.78. The molecule has 2 heterocycles. The lowest BCUT2D eigenvalue weighted by Crippen LogP contribution is -2.45. The zero-order chi connectivity index (χ0) is 17.8. The van der Waals surface area contributed by atoms with E-state index in [1.165, 1.54) is 0 Å². The fourth-order valence-corrected chi connectivity index (χ4v) is 3.18. The van der Waals surface area contributed by atoms with Gasteiger partial charge in [0.2, 0.25) is 5.91 Å². The van der Waals surface area contributed by atoms with Crippen molar-refractivity contribution < 1.29 is 19.1 Å². The van der Waals surface area contributed by atoms with Crippen LogP contribution in [0.5, 0.6) is 11.5 Å². The van der Waals surface area contributed by atoms with Gasteiger partial charge in [0.15, 0.2) is 11.5 Å². The summed E-state index contributed by atoms with van der Waals surface area (Å²) >= 11 is 0. The highest BCUT2D eigenvalue weighted by Gasteiger charge is 2.27. The van der Waals surface area contributed by atoms with E-state index in [1.54, 1.807) is 18.2 Å². The highest BCUT2D eigenvalue weighted by atomic mass is 16.6. The lowest BCUT2D eigenvalue weighted by atomic mass is 9.95. The van der Waals surface area contributed by atoms with Crippen molar-refractivity contribution in [1.29, 1.82) is 0 Å². The lowest BCUT2D eigenvalue weighted by molar-refractivity contribution is -0.125. The number of hydrogen-bond acceptors (Lipinski definition) is 5. The third kappa shape index (κ3) is 4.42. The molecule has 0 atom stereocenters. The SMILES string of the molecule is CC(C)N1CCC(C(=O)NC(=O)Nc2ccc3c(c2)OCCO3)CC1. The number of nitrogens with zero attached hydrogens (tertiary/aromatic N) is 1. The van der Waals surface area contributed by atoms with Crippen LogP contribution < -0.4 is 20.1 Å². The number of benzene rings is 1. The van der Waals surface area contributed by atoms with Crippen LogP contribution >= 0.6 is 0 Å². The molecule has 0 radical (unpaired) electrons. The minimum atomic E-state index is -0.520. The molecule has 25 heavy (non-hydrogen) atoms. The summed E-state index contributed by atoms with van der Waals surface area (Å²) in [6.07, 6.45) is 1.56. The quantitative estimate of drug-likeness (QED) is 0.876. The maximum absolute atomic E-state index is 12.3. The van der Waals surface area contributed by atoms with Gasteiger partial charge in [0.05, 0.1) is 0 Å². The van der Waals surface area contributed by atoms with Crippen LogP contribution in [-0.4, -0.2) is 49.2 Å². The van der Waals surface area contributed by atoms with E-state index in [-0.39, 0.29) is 11.8 Å². The van der Waals surface area contributed by atoms with Crippen molar-refractivity contribution in [2.75, 3.05) is 31.6 Å². The molecule has 0 bridgehead atoms. The van der Waals surface area contributed by atoms with Crippen LogP contribution in [0, 0.1) is 5.92 Å². The average molecular weight is 347 g/mol. The van der Waals surface area contributed by atoms with Crippen LogP contribution in [0.15, 0.2) is 18.2 Å². The Balaban J connectivity index is 1.50. The topological polar surface area (TPSA) is 79.9 Å². The number of urea groups is 1. The molecule has 0 unspecified atom stereocenters. The molecule has 2 N–H and O–H groups in total. The lowest BCUT2D eigenvalue weighted by Gasteiger charge is -2.33. The summed E-state index contributed by atoms with van der Waals surface area (Å²) in [5.74, 6) is 0.932. The number of carbonyl (C=O) groups excluding carboxylic acids is 2. The fraction of sp³-hybridized carbons (Fsp3) is 0.556. The maximum Gasteiger partial charge on any atom is 0.325 e. The number of ether oxygens (including phenoxy) is 2. The van der Waals surface area contributed by atoms with Crippen molar-refractivity contribution >= 4 is 17.6 Å². The van der Waals surface area contributed by atoms with E-state index >= 15 is 0 Å². The molecule has 0 saturated carbocycles. The number of fused-ring (bicyclic) bond motifs is 1. The van der Waals surface area contributed by atoms with Gasteiger partial charge in [-0.1, -0.05) is 0 Å². The first-order chi connectivity index (χ1) is 12.0. The van der Waals surface area contributed by atoms with Gasteiger partial charge in [-0.25, -0.2) is 4.79 Å². The van der Waals surface area contributed by atoms with E-state index in [0.717, 1.165) is 25.9 Å². The standard InChI is InChI=1S/C18H25N3O4/c1-12(2)21-7-5-13(6-8-21)17(22)20-18(23)19-14-3-4-15-16(11-14)25-10-9-24-15/h3-4,11-13H,5-10H2,1-2H3,(H2,19,20,22,23). The molecule has 7 heteroatoms. The summed E-state index contributed by atoms with van der Waals surface area (Å²) < 4.78 is 10.9. The largest absolute Gasteiger partial charge is 0.486 e. The minimum absolute atomic E-state index is 0.110. The van der Waals surface area contributed by atoms with Crippen molar-refractivity contribution in [3.63, 3.8) is 0 Å². The van der Waals surface area contributed by atoms with Crippen molar-refractivity contribution in [3.05, 3.63) is 18.2 Å². The summed E-state index contributed by atoms with van der Waals surface area (Å²) in [5, 5.41) is 5.11. The first-order valence-electron chi connectivity index (χ1n) is 8.78. The second kappa shape index (κ2) is 7.74. The van der Waals surface area contributed by atoms with E-state index in [2.05, 4.69) is 29.4 Å². The van der Waals surface area contributed by atoms with Crippen LogP contribution in [0.1, 0.15) is 26.7 Å². The van der Waals surface area contributed by atoms with E-state index in [1.807, 2.05) is 0 Å². The smallest absolute Gasteiger partial charge is 0.325 e. The van der Waals surface area contributed by atoms with E-state index in [4.69, 9.17) is 9.47 Å². The Morgan fingerprint density at radius 2 is 1.80 bits per heavy atom. The first kappa shape index (κ1) is 17.5. The van der Waals surface area contributed by atoms with Gasteiger partial charge in [0.1, 0.15) is 13.2 Å². The normalized spacial score (nSPS) is 18.0. The Kier molecular flexibility index (Phi) is 5.43. The summed E-state index contributed by atoms with van der Waals surface area (Å²) in [7, 11) is 0. The molecule has 1 aromatic rings. The Labute approximate surface area is 147 Å². The highest BCUT2D eigenvalue weighted by Crippen LogP contribution is 2.32. The molecule has 1 saturated heterocycles. The van der Waals surface area contributed by atoms with Gasteiger partial charge in [-0.3, -0.25) is 10.1 Å². The summed E-state index contributed by atoms with van der Waals surface area (Å²) in [5.41, 5.74) is 0.559. The monoisotopic (exact) mass is 347 g/mol. The number of rotatable bonds is 3. The maximum atomic E-state index is 12.3. The van der Waals surface area contributed by atoms with E-state index < -0.39 is 6.03 Å². The Morgan fingerprint density at radius 1 is 1.12 bits per heavy atom. The number of anilines is 1. The van der Waals surface area contributed by atoms with Crippen LogP contribution in [0.2, 0.25) is 0 Å². The Morgan fingerprint density at radius 3 is 2.48 bits per heavy atom. The summed E-state index contributed by atoms with van der Waals surface area (Å²) in [4.78, 5) is 26.7. The van der Waals surface area contributed by atoms with Crippen LogP contribution in [-0.2, 0) is 4.79 Å². The van der Waals surface area contributed by atoms with Gasteiger partial charge in [0.25, 0.3) is 0 Å². The number of hydrogen-bond donors (Lipinski definition) is 2. The Hall–Kier alpha value is -2.28. The number of nitrogens with one attached hydrogen (secondary N) is 2. The number of carbonyl (C=O) groups is 2. The number of amides is 3. The van der Waals surface area contributed by atoms with Crippen molar-refractivity contribution in [3.8, 4) is 11.5 Å². The van der Waals surface area contributed by atoms with Gasteiger partial charge < -0.3 is 19.7 Å². The molecule has 3 amide bonds. The molecule has 2 aliphatic rings. The molecule has 2 aliphatic heterocycles. The third-order valence-electron chi connectivity index (χ3n) is 4.67. The molecule has 0 spiro atoms. The molecular formula is C18H25N3O4. The fourth-order valence-electron chi connectivity index (χ4n) is 3.18. The molecular weight excluding hydrogens is 322 g/mol. The van der Waals surface area contributed by atoms with Gasteiger partial charge >= 0.3 is 6.03 Å². The zero-order valence-corrected chi connectivity index (χ0v) is 14.7. The molecule has 0 aromatic heterocycles. The number of imide groups is 1. The van der Waals surface area contributed by atoms with Crippen molar-refractivity contribution in [1.82, 2.24) is 10.2 Å². The van der Waals surface area contributed by atoms with Crippen LogP contribution in [0.25, 0.3) is 0 Å². The number of piperidine rings is 1. The molecule has 7 nitrogen and oxygen atoms in total. The summed E-state index contributed by atoms with van der Waals surface area (Å²) in [6, 6.07) is 5.13. The molecule has 0 aliphatic carbocycles. The van der Waals surface area contributed by atoms with Crippen molar-refractivity contribution in [2.45, 2.75) is 32.7 Å². The molecule has 1 fully saturated rings. The van der Waals surface area contributed by atoms with Gasteiger partial charge in [-0.2, -0.15) is 0 Å².